The average Bonchev–Trinajstić information content (AvgIpc) is 1.32. The van der Waals surface area contributed by atoms with Crippen molar-refractivity contribution in [2.45, 2.75) is 115 Å². The summed E-state index contributed by atoms with van der Waals surface area (Å²) < 4.78 is 78.7. The number of aromatic nitrogens is 3. The number of thiazole rings is 3. The average molecular weight is 1350 g/mol. The zero-order chi connectivity index (χ0) is 65.5. The summed E-state index contributed by atoms with van der Waals surface area (Å²) in [6.07, 6.45) is 0.997. The number of nitrogens with zero attached hydrogens (tertiary/aromatic N) is 9. The predicted octanol–water partition coefficient (Wildman–Crippen LogP) is 10.7. The van der Waals surface area contributed by atoms with Gasteiger partial charge in [0.2, 0.25) is 65.9 Å². The van der Waals surface area contributed by atoms with Crippen LogP contribution in [0.1, 0.15) is 103 Å². The number of hydrazone groups is 3. The van der Waals surface area contributed by atoms with Crippen molar-refractivity contribution in [1.82, 2.24) is 15.0 Å². The molecule has 0 saturated carbocycles. The number of hydrogen-bond donors (Lipinski definition) is 3. The largest absolute Gasteiger partial charge is 0.373 e. The Bertz CT molecular complexity index is 4360. The zero-order valence-electron chi connectivity index (χ0n) is 49.8. The van der Waals surface area contributed by atoms with Gasteiger partial charge in [0.05, 0.1) is 48.8 Å². The van der Waals surface area contributed by atoms with Crippen molar-refractivity contribution in [3.8, 4) is 0 Å². The van der Waals surface area contributed by atoms with Crippen LogP contribution in [-0.4, -0.2) is 91.7 Å². The summed E-state index contributed by atoms with van der Waals surface area (Å²) in [6.45, 7) is 21.3. The third-order valence-corrected chi connectivity index (χ3v) is 20.8. The number of amides is 4. The molecular formula is C58H61ClN12O12S6. The minimum Gasteiger partial charge on any atom is -0.305 e. The molecule has 89 heavy (non-hydrogen) atoms. The van der Waals surface area contributed by atoms with Crippen LogP contribution < -0.4 is 31.0 Å². The van der Waals surface area contributed by atoms with Gasteiger partial charge >= 0.3 is 6.15 Å². The molecule has 10 rings (SSSR count). The number of nitrogens with one attached hydrogen (secondary N) is 3. The minimum absolute atomic E-state index is 0.00307. The molecule has 4 aromatic carbocycles. The number of sulfone groups is 3. The molecule has 0 bridgehead atoms. The third kappa shape index (κ3) is 14.9. The number of imide groups is 1. The van der Waals surface area contributed by atoms with Crippen LogP contribution in [0.5, 0.6) is 0 Å². The Hall–Kier alpha value is -8.22. The van der Waals surface area contributed by atoms with Crippen LogP contribution in [0.4, 0.5) is 38.1 Å². The van der Waals surface area contributed by atoms with Crippen LogP contribution in [0.15, 0.2) is 131 Å². The van der Waals surface area contributed by atoms with E-state index in [4.69, 9.17) is 21.2 Å². The summed E-state index contributed by atoms with van der Waals surface area (Å²) in [5.41, 5.74) is 12.7. The molecule has 0 unspecified atom stereocenters. The van der Waals surface area contributed by atoms with E-state index in [9.17, 15) is 44.4 Å². The van der Waals surface area contributed by atoms with Gasteiger partial charge in [-0.3, -0.25) is 40.4 Å². The van der Waals surface area contributed by atoms with Crippen molar-refractivity contribution in [2.75, 3.05) is 37.5 Å². The molecule has 3 N–H and O–H groups in total. The number of halogens is 1. The lowest BCUT2D eigenvalue weighted by Gasteiger charge is -2.30. The fraction of sp³-hybridized carbons (Fsp3) is 0.293. The Labute approximate surface area is 531 Å². The second-order valence-electron chi connectivity index (χ2n) is 21.4. The number of carbonyl (C=O) groups excluding carboxylic acids is 6. The van der Waals surface area contributed by atoms with E-state index in [0.717, 1.165) is 34.0 Å². The van der Waals surface area contributed by atoms with Crippen LogP contribution in [0.25, 0.3) is 0 Å². The maximum absolute atomic E-state index is 13.4. The molecule has 0 radical (unpaired) electrons. The molecule has 0 aliphatic carbocycles. The van der Waals surface area contributed by atoms with Gasteiger partial charge in [0.25, 0.3) is 17.7 Å². The Balaban J connectivity index is 0.000000187. The molecule has 0 fully saturated rings. The summed E-state index contributed by atoms with van der Waals surface area (Å²) in [7, 11) is -12.4. The van der Waals surface area contributed by atoms with Crippen molar-refractivity contribution in [1.29, 1.82) is 0 Å². The number of aryl methyl sites for hydroxylation is 3. The van der Waals surface area contributed by atoms with Crippen molar-refractivity contribution in [3.63, 3.8) is 0 Å². The molecule has 468 valence electrons. The molecule has 0 spiro atoms. The van der Waals surface area contributed by atoms with E-state index in [-0.39, 0.29) is 55.2 Å². The summed E-state index contributed by atoms with van der Waals surface area (Å²) in [5, 5.41) is 16.9. The smallest absolute Gasteiger partial charge is 0.305 e. The lowest BCUT2D eigenvalue weighted by Crippen LogP contribution is -2.48. The highest BCUT2D eigenvalue weighted by Gasteiger charge is 2.46. The van der Waals surface area contributed by atoms with E-state index in [2.05, 4.69) is 46.5 Å². The third-order valence-electron chi connectivity index (χ3n) is 13.0. The van der Waals surface area contributed by atoms with Crippen LogP contribution in [0.2, 0.25) is 5.02 Å². The summed E-state index contributed by atoms with van der Waals surface area (Å²) in [6, 6.07) is 23.1. The lowest BCUT2D eigenvalue weighted by atomic mass is 9.93. The number of hydrogen-bond acceptors (Lipinski definition) is 24. The first-order chi connectivity index (χ1) is 41.9. The highest BCUT2D eigenvalue weighted by atomic mass is 35.5. The molecule has 0 saturated heterocycles. The minimum atomic E-state index is -4.31. The van der Waals surface area contributed by atoms with Crippen LogP contribution >= 0.6 is 45.6 Å². The SMILES string of the molecule is CCC(=O)N1C(=O)C(=NNc2nc(C(C)(C)C)cs2)S(=O)(=O)c2cc(C(C)C)c(Cl)cc21.CCc1csc(NN=C2C(=O)N(c3ccccc3)c3cc(C)ccc3S2(=O)=O)n1.Cc1csc(NN=C2C(=O)N(CC(C)C)c3ccccc3S2(=O)=O)n1.O=C=O. The Kier molecular flexibility index (Phi) is 21.5. The molecule has 3 aliphatic heterocycles. The summed E-state index contributed by atoms with van der Waals surface area (Å²) in [4.78, 5) is 84.5. The Morgan fingerprint density at radius 3 is 1.71 bits per heavy atom. The maximum atomic E-state index is 13.4. The van der Waals surface area contributed by atoms with E-state index in [1.165, 1.54) is 68.1 Å². The van der Waals surface area contributed by atoms with Crippen molar-refractivity contribution in [2.24, 2.45) is 21.2 Å². The first kappa shape index (κ1) is 68.3. The Morgan fingerprint density at radius 2 is 1.17 bits per heavy atom. The van der Waals surface area contributed by atoms with Gasteiger partial charge in [0.1, 0.15) is 0 Å². The first-order valence-electron chi connectivity index (χ1n) is 27.1. The predicted molar refractivity (Wildman–Crippen MR) is 346 cm³/mol. The molecule has 7 aromatic rings. The van der Waals surface area contributed by atoms with E-state index in [1.54, 1.807) is 66.9 Å². The quantitative estimate of drug-likeness (QED) is 0.0957. The molecule has 24 nitrogen and oxygen atoms in total. The topological polar surface area (TPSA) is 326 Å². The maximum Gasteiger partial charge on any atom is 0.373 e. The fourth-order valence-corrected chi connectivity index (χ4v) is 15.4. The van der Waals surface area contributed by atoms with Gasteiger partial charge in [-0.15, -0.1) is 34.0 Å². The van der Waals surface area contributed by atoms with E-state index >= 15 is 0 Å². The van der Waals surface area contributed by atoms with Gasteiger partial charge in [-0.2, -0.15) is 24.9 Å². The highest BCUT2D eigenvalue weighted by molar-refractivity contribution is 8.09. The molecule has 31 heteroatoms. The number of carbonyl (C=O) groups is 4. The van der Waals surface area contributed by atoms with Gasteiger partial charge in [-0.25, -0.2) is 45.1 Å². The number of anilines is 7. The summed E-state index contributed by atoms with van der Waals surface area (Å²) >= 11 is 10.2. The molecule has 3 aromatic heterocycles. The molecular weight excluding hydrogens is 1280 g/mol. The summed E-state index contributed by atoms with van der Waals surface area (Å²) in [5.74, 6) is -2.83. The number of fused-ring (bicyclic) bond motifs is 3. The molecule has 0 atom stereocenters. The molecule has 6 heterocycles. The van der Waals surface area contributed by atoms with Crippen molar-refractivity contribution >= 4 is 158 Å². The zero-order valence-corrected chi connectivity index (χ0v) is 55.5. The van der Waals surface area contributed by atoms with Gasteiger partial charge in [-0.1, -0.05) is 110 Å². The van der Waals surface area contributed by atoms with Crippen molar-refractivity contribution < 1.29 is 54.0 Å². The van der Waals surface area contributed by atoms with Crippen LogP contribution in [0, 0.1) is 19.8 Å². The van der Waals surface area contributed by atoms with Gasteiger partial charge in [0, 0.05) is 45.2 Å². The Morgan fingerprint density at radius 1 is 0.640 bits per heavy atom. The van der Waals surface area contributed by atoms with Crippen molar-refractivity contribution in [3.05, 3.63) is 134 Å². The molecule has 4 amide bonds. The van der Waals surface area contributed by atoms with Gasteiger partial charge in [-0.05, 0) is 91.8 Å². The lowest BCUT2D eigenvalue weighted by molar-refractivity contribution is -0.191. The van der Waals surface area contributed by atoms with Crippen LogP contribution in [0.3, 0.4) is 0 Å². The number of rotatable bonds is 12. The monoisotopic (exact) mass is 1340 g/mol. The van der Waals surface area contributed by atoms with E-state index < -0.39 is 68.3 Å². The standard InChI is InChI=1S/C21H25ClN4O4S2.C20H18N4O3S2.C16H18N4O3S2.CO2/c1-7-17(27)26-14-9-13(22)12(11(2)3)8-15(14)32(29,30)18(19(26)28)24-25-20-23-16(10-31-20)21(4,5)6;1-3-14-12-28-20(21-14)23-22-18-19(25)24(15-7-5-4-6-8-15)16-11-13(2)9-10-17(16)29(18,26)27;1-10(2)8-20-12-6-4-5-7-13(12)25(22,23)14(15(20)21)18-19-16-17-11(3)9-24-16;2-1-3/h8-11H,7H2,1-6H3,(H,23,25);4-12H,3H2,1-2H3,(H,21,23);4-7,9-10H,8H2,1-3H3,(H,17,19);. The van der Waals surface area contributed by atoms with Crippen LogP contribution in [-0.2, 0) is 70.1 Å². The first-order valence-corrected chi connectivity index (χ1v) is 34.6. The second kappa shape index (κ2) is 28.1. The van der Waals surface area contributed by atoms with Gasteiger partial charge < -0.3 is 4.90 Å². The number of benzene rings is 4. The molecule has 3 aliphatic rings. The van der Waals surface area contributed by atoms with E-state index in [0.29, 0.717) is 44.6 Å². The normalized spacial score (nSPS) is 16.7. The fourth-order valence-electron chi connectivity index (χ4n) is 8.62. The van der Waals surface area contributed by atoms with Gasteiger partial charge in [0.15, 0.2) is 0 Å². The second-order valence-corrected chi connectivity index (χ2v) is 29.8. The highest BCUT2D eigenvalue weighted by Crippen LogP contribution is 2.41. The number of para-hydroxylation sites is 2. The van der Waals surface area contributed by atoms with E-state index in [1.807, 2.05) is 86.1 Å².